The van der Waals surface area contributed by atoms with Gasteiger partial charge in [0.25, 0.3) is 0 Å². The predicted octanol–water partition coefficient (Wildman–Crippen LogP) is 2.49. The molecule has 0 fully saturated rings. The molecule has 0 N–H and O–H groups in total. The number of benzene rings is 2. The van der Waals surface area contributed by atoms with E-state index in [0.717, 1.165) is 15.3 Å². The van der Waals surface area contributed by atoms with Crippen molar-refractivity contribution in [2.45, 2.75) is 6.92 Å². The van der Waals surface area contributed by atoms with Crippen LogP contribution in [0, 0.1) is 6.92 Å². The van der Waals surface area contributed by atoms with Crippen LogP contribution in [0.25, 0.3) is 11.5 Å². The molecule has 0 spiro atoms. The third kappa shape index (κ3) is 2.05. The molecule has 2 rings (SSSR count). The van der Waals surface area contributed by atoms with Gasteiger partial charge in [-0.2, -0.15) is 0 Å². The normalized spacial score (nSPS) is 12.4. The van der Waals surface area contributed by atoms with Gasteiger partial charge in [-0.1, -0.05) is 55.1 Å². The second-order valence-corrected chi connectivity index (χ2v) is 4.27. The zero-order chi connectivity index (χ0) is 11.5. The van der Waals surface area contributed by atoms with E-state index in [1.807, 2.05) is 30.3 Å². The third-order valence-corrected chi connectivity index (χ3v) is 3.15. The fourth-order valence-electron chi connectivity index (χ4n) is 1.74. The molecule has 0 unspecified atom stereocenters. The fraction of sp³-hybridized carbons (Fsp3) is 0.0667. The molecule has 2 aromatic carbocycles. The first-order valence-corrected chi connectivity index (χ1v) is 5.68. The highest BCUT2D eigenvalue weighted by atomic mass is 32.1. The van der Waals surface area contributed by atoms with Crippen LogP contribution >= 0.6 is 12.6 Å². The average Bonchev–Trinajstić information content (AvgIpc) is 2.29. The van der Waals surface area contributed by atoms with Crippen LogP contribution in [0.1, 0.15) is 11.1 Å². The lowest BCUT2D eigenvalue weighted by Crippen LogP contribution is -2.24. The first kappa shape index (κ1) is 11.0. The van der Waals surface area contributed by atoms with Gasteiger partial charge in [-0.3, -0.25) is 0 Å². The van der Waals surface area contributed by atoms with Gasteiger partial charge < -0.3 is 0 Å². The summed E-state index contributed by atoms with van der Waals surface area (Å²) in [6.07, 6.45) is 0. The summed E-state index contributed by atoms with van der Waals surface area (Å²) in [5.74, 6) is 0. The Morgan fingerprint density at radius 1 is 1.00 bits per heavy atom. The van der Waals surface area contributed by atoms with Crippen LogP contribution in [-0.2, 0) is 0 Å². The Hall–Kier alpha value is -1.47. The molecule has 0 nitrogen and oxygen atoms in total. The van der Waals surface area contributed by atoms with Crippen LogP contribution in [0.4, 0.5) is 0 Å². The van der Waals surface area contributed by atoms with Crippen molar-refractivity contribution in [2.75, 3.05) is 0 Å². The van der Waals surface area contributed by atoms with Crippen molar-refractivity contribution in [2.24, 2.45) is 0 Å². The van der Waals surface area contributed by atoms with Gasteiger partial charge in [0.1, 0.15) is 0 Å². The highest BCUT2D eigenvalue weighted by Crippen LogP contribution is 2.18. The first-order valence-electron chi connectivity index (χ1n) is 5.23. The van der Waals surface area contributed by atoms with E-state index in [1.54, 1.807) is 0 Å². The molecule has 0 amide bonds. The molecule has 1 heteroatoms. The molecular formula is C15H14S. The van der Waals surface area contributed by atoms with Crippen LogP contribution in [0.3, 0.4) is 0 Å². The molecular weight excluding hydrogens is 212 g/mol. The summed E-state index contributed by atoms with van der Waals surface area (Å²) >= 11 is 4.63. The van der Waals surface area contributed by atoms with E-state index < -0.39 is 0 Å². The van der Waals surface area contributed by atoms with Crippen LogP contribution in [0.15, 0.2) is 48.5 Å². The fourth-order valence-corrected chi connectivity index (χ4v) is 2.20. The summed E-state index contributed by atoms with van der Waals surface area (Å²) in [6, 6.07) is 16.3. The second kappa shape index (κ2) is 4.58. The summed E-state index contributed by atoms with van der Waals surface area (Å²) < 4.78 is 0. The Labute approximate surface area is 101 Å². The van der Waals surface area contributed by atoms with E-state index in [-0.39, 0.29) is 0 Å². The van der Waals surface area contributed by atoms with Crippen molar-refractivity contribution in [1.82, 2.24) is 0 Å². The average molecular weight is 226 g/mol. The van der Waals surface area contributed by atoms with Crippen molar-refractivity contribution < 1.29 is 0 Å². The number of hydrogen-bond donors (Lipinski definition) is 1. The molecule has 0 saturated heterocycles. The number of rotatable bonds is 1. The maximum atomic E-state index is 4.63. The topological polar surface area (TPSA) is 0 Å². The molecule has 0 bridgehead atoms. The third-order valence-electron chi connectivity index (χ3n) is 2.67. The lowest BCUT2D eigenvalue weighted by atomic mass is 10.1. The number of hydrogen-bond acceptors (Lipinski definition) is 1. The summed E-state index contributed by atoms with van der Waals surface area (Å²) in [7, 11) is 0. The summed E-state index contributed by atoms with van der Waals surface area (Å²) in [4.78, 5) is 0.990. The van der Waals surface area contributed by atoms with Gasteiger partial charge in [0.2, 0.25) is 0 Å². The molecule has 0 aromatic heterocycles. The molecule has 0 heterocycles. The Morgan fingerprint density at radius 3 is 2.31 bits per heavy atom. The van der Waals surface area contributed by atoms with Gasteiger partial charge >= 0.3 is 0 Å². The Bertz CT molecular complexity index is 611. The first-order chi connectivity index (χ1) is 7.70. The van der Waals surface area contributed by atoms with Crippen molar-refractivity contribution >= 4 is 24.1 Å². The van der Waals surface area contributed by atoms with Gasteiger partial charge in [-0.25, -0.2) is 0 Å². The summed E-state index contributed by atoms with van der Waals surface area (Å²) in [5.41, 5.74) is 2.40. The summed E-state index contributed by atoms with van der Waals surface area (Å²) in [5, 5.41) is 2.11. The van der Waals surface area contributed by atoms with Crippen LogP contribution in [0.2, 0.25) is 0 Å². The Morgan fingerprint density at radius 2 is 1.62 bits per heavy atom. The zero-order valence-corrected chi connectivity index (χ0v) is 10.2. The van der Waals surface area contributed by atoms with Crippen LogP contribution < -0.4 is 10.4 Å². The minimum absolute atomic E-state index is 0.990. The minimum atomic E-state index is 0.990. The van der Waals surface area contributed by atoms with E-state index in [1.165, 1.54) is 11.1 Å². The van der Waals surface area contributed by atoms with E-state index in [9.17, 15) is 0 Å². The molecule has 2 aromatic rings. The lowest BCUT2D eigenvalue weighted by molar-refractivity contribution is 1.42. The minimum Gasteiger partial charge on any atom is -0.142 e. The standard InChI is InChI=1S/C15H14S/c1-11-7-3-5-9-13(11)15(16)14-10-6-4-8-12(14)2/h3-10,16H,1H2,2H3/b15-13+. The SMILES string of the molecule is C=c1cccc/c1=C(\S)c1ccccc1C. The van der Waals surface area contributed by atoms with Gasteiger partial charge in [-0.05, 0) is 28.5 Å². The van der Waals surface area contributed by atoms with Crippen molar-refractivity contribution in [3.8, 4) is 0 Å². The maximum absolute atomic E-state index is 4.63. The van der Waals surface area contributed by atoms with Crippen LogP contribution in [-0.4, -0.2) is 0 Å². The quantitative estimate of drug-likeness (QED) is 0.710. The van der Waals surface area contributed by atoms with Crippen LogP contribution in [0.5, 0.6) is 0 Å². The largest absolute Gasteiger partial charge is 0.142 e. The molecule has 0 atom stereocenters. The van der Waals surface area contributed by atoms with Crippen molar-refractivity contribution in [1.29, 1.82) is 0 Å². The van der Waals surface area contributed by atoms with E-state index in [4.69, 9.17) is 0 Å². The highest BCUT2D eigenvalue weighted by molar-refractivity contribution is 7.90. The Kier molecular flexibility index (Phi) is 3.16. The maximum Gasteiger partial charge on any atom is 0.0194 e. The molecule has 0 aliphatic heterocycles. The number of aryl methyl sites for hydroxylation is 1. The van der Waals surface area contributed by atoms with E-state index in [0.29, 0.717) is 0 Å². The van der Waals surface area contributed by atoms with E-state index in [2.05, 4.69) is 44.3 Å². The predicted molar refractivity (Wildman–Crippen MR) is 73.9 cm³/mol. The van der Waals surface area contributed by atoms with Gasteiger partial charge in [0.15, 0.2) is 0 Å². The van der Waals surface area contributed by atoms with Gasteiger partial charge in [0.05, 0.1) is 0 Å². The Balaban J connectivity index is 2.77. The molecule has 80 valence electrons. The molecule has 0 radical (unpaired) electrons. The highest BCUT2D eigenvalue weighted by Gasteiger charge is 2.00. The zero-order valence-electron chi connectivity index (χ0n) is 9.27. The molecule has 0 saturated carbocycles. The smallest absolute Gasteiger partial charge is 0.0194 e. The molecule has 16 heavy (non-hydrogen) atoms. The molecule has 0 aliphatic rings. The molecule has 0 aliphatic carbocycles. The second-order valence-electron chi connectivity index (χ2n) is 3.82. The van der Waals surface area contributed by atoms with Gasteiger partial charge in [-0.15, -0.1) is 12.6 Å². The van der Waals surface area contributed by atoms with Gasteiger partial charge in [0, 0.05) is 4.91 Å². The summed E-state index contributed by atoms with van der Waals surface area (Å²) in [6.45, 7) is 6.12. The van der Waals surface area contributed by atoms with Crippen molar-refractivity contribution in [3.05, 3.63) is 70.1 Å². The number of thiol groups is 1. The van der Waals surface area contributed by atoms with Crippen molar-refractivity contribution in [3.63, 3.8) is 0 Å². The lowest BCUT2D eigenvalue weighted by Gasteiger charge is -2.05. The monoisotopic (exact) mass is 226 g/mol. The van der Waals surface area contributed by atoms with E-state index >= 15 is 0 Å².